The lowest BCUT2D eigenvalue weighted by atomic mass is 9.95. The topological polar surface area (TPSA) is 77.8 Å². The van der Waals surface area contributed by atoms with Gasteiger partial charge in [0.05, 0.1) is 11.6 Å². The first-order chi connectivity index (χ1) is 12.5. The van der Waals surface area contributed by atoms with Crippen molar-refractivity contribution in [3.05, 3.63) is 76.9 Å². The van der Waals surface area contributed by atoms with E-state index in [-0.39, 0.29) is 24.5 Å². The van der Waals surface area contributed by atoms with E-state index in [9.17, 15) is 14.7 Å². The molecule has 0 bridgehead atoms. The van der Waals surface area contributed by atoms with Gasteiger partial charge in [0.2, 0.25) is 0 Å². The van der Waals surface area contributed by atoms with Crippen LogP contribution >= 0.6 is 0 Å². The average Bonchev–Trinajstić information content (AvgIpc) is 2.91. The van der Waals surface area contributed by atoms with Crippen molar-refractivity contribution < 1.29 is 19.8 Å². The zero-order valence-electron chi connectivity index (χ0n) is 14.6. The van der Waals surface area contributed by atoms with Gasteiger partial charge in [0, 0.05) is 18.7 Å². The number of benzene rings is 2. The first-order valence-electron chi connectivity index (χ1n) is 8.56. The Balaban J connectivity index is 2.14. The molecule has 3 rings (SSSR count). The molecule has 134 valence electrons. The fourth-order valence-electron chi connectivity index (χ4n) is 3.20. The average molecular weight is 351 g/mol. The number of amides is 1. The Morgan fingerprint density at radius 1 is 1.04 bits per heavy atom. The molecule has 1 aliphatic rings. The van der Waals surface area contributed by atoms with Crippen LogP contribution in [0.2, 0.25) is 0 Å². The van der Waals surface area contributed by atoms with E-state index in [1.807, 2.05) is 49.4 Å². The Bertz CT molecular complexity index is 840. The minimum atomic E-state index is -0.699. The maximum Gasteiger partial charge on any atom is 0.295 e. The lowest BCUT2D eigenvalue weighted by molar-refractivity contribution is -0.140. The first-order valence-corrected chi connectivity index (χ1v) is 8.56. The third-order valence-electron chi connectivity index (χ3n) is 4.54. The van der Waals surface area contributed by atoms with Crippen LogP contribution in [-0.4, -0.2) is 40.0 Å². The highest BCUT2D eigenvalue weighted by molar-refractivity contribution is 6.46. The molecule has 1 amide bonds. The van der Waals surface area contributed by atoms with E-state index in [2.05, 4.69) is 0 Å². The highest BCUT2D eigenvalue weighted by atomic mass is 16.3. The summed E-state index contributed by atoms with van der Waals surface area (Å²) in [5, 5.41) is 19.9. The van der Waals surface area contributed by atoms with Crippen LogP contribution in [0.3, 0.4) is 0 Å². The molecule has 1 aliphatic heterocycles. The molecule has 26 heavy (non-hydrogen) atoms. The van der Waals surface area contributed by atoms with Crippen molar-refractivity contribution in [3.63, 3.8) is 0 Å². The second-order valence-electron chi connectivity index (χ2n) is 6.35. The zero-order valence-corrected chi connectivity index (χ0v) is 14.6. The standard InChI is InChI=1S/C21H21NO4/c1-14-8-10-16(11-9-14)19(24)17-18(15-6-3-2-4-7-15)22(12-5-13-23)21(26)20(17)25/h2-4,6-11,18,23-24H,5,12-13H2,1H3/t18-/m1/s1. The molecule has 5 heteroatoms. The lowest BCUT2D eigenvalue weighted by Crippen LogP contribution is -2.31. The fourth-order valence-corrected chi connectivity index (χ4v) is 3.20. The number of carbonyl (C=O) groups is 2. The molecule has 0 radical (unpaired) electrons. The van der Waals surface area contributed by atoms with Gasteiger partial charge in [-0.1, -0.05) is 60.2 Å². The van der Waals surface area contributed by atoms with E-state index < -0.39 is 17.7 Å². The number of aliphatic hydroxyl groups excluding tert-OH is 2. The van der Waals surface area contributed by atoms with E-state index in [1.54, 1.807) is 12.1 Å². The van der Waals surface area contributed by atoms with Gasteiger partial charge in [0.25, 0.3) is 11.7 Å². The lowest BCUT2D eigenvalue weighted by Gasteiger charge is -2.25. The van der Waals surface area contributed by atoms with Crippen molar-refractivity contribution in [2.24, 2.45) is 0 Å². The molecule has 0 aliphatic carbocycles. The minimum absolute atomic E-state index is 0.0809. The van der Waals surface area contributed by atoms with Gasteiger partial charge < -0.3 is 15.1 Å². The van der Waals surface area contributed by atoms with Crippen LogP contribution in [0.1, 0.15) is 29.2 Å². The van der Waals surface area contributed by atoms with Gasteiger partial charge >= 0.3 is 0 Å². The van der Waals surface area contributed by atoms with Gasteiger partial charge in [-0.3, -0.25) is 9.59 Å². The second kappa shape index (κ2) is 7.54. The SMILES string of the molecule is Cc1ccc(C(O)=C2C(=O)C(=O)N(CCCO)[C@@H]2c2ccccc2)cc1. The monoisotopic (exact) mass is 351 g/mol. The Kier molecular flexibility index (Phi) is 5.19. The number of nitrogens with zero attached hydrogens (tertiary/aromatic N) is 1. The molecule has 1 atom stereocenters. The molecule has 0 aromatic heterocycles. The van der Waals surface area contributed by atoms with Crippen molar-refractivity contribution in [1.29, 1.82) is 0 Å². The molecule has 5 nitrogen and oxygen atoms in total. The van der Waals surface area contributed by atoms with Crippen molar-refractivity contribution in [3.8, 4) is 0 Å². The predicted molar refractivity (Wildman–Crippen MR) is 98.3 cm³/mol. The summed E-state index contributed by atoms with van der Waals surface area (Å²) in [4.78, 5) is 26.6. The maximum absolute atomic E-state index is 12.7. The molecule has 1 fully saturated rings. The summed E-state index contributed by atoms with van der Waals surface area (Å²) in [6, 6.07) is 15.6. The van der Waals surface area contributed by atoms with E-state index >= 15 is 0 Å². The number of Topliss-reactive ketones (excluding diaryl/α,β-unsaturated/α-hetero) is 1. The van der Waals surface area contributed by atoms with Crippen molar-refractivity contribution in [2.75, 3.05) is 13.2 Å². The molecule has 2 N–H and O–H groups in total. The molecule has 1 saturated heterocycles. The van der Waals surface area contributed by atoms with Gasteiger partial charge in [0.15, 0.2) is 0 Å². The Morgan fingerprint density at radius 2 is 1.69 bits per heavy atom. The van der Waals surface area contributed by atoms with Gasteiger partial charge in [-0.2, -0.15) is 0 Å². The fraction of sp³-hybridized carbons (Fsp3) is 0.238. The number of aliphatic hydroxyl groups is 2. The summed E-state index contributed by atoms with van der Waals surface area (Å²) in [6.45, 7) is 2.09. The van der Waals surface area contributed by atoms with Crippen LogP contribution in [0.5, 0.6) is 0 Å². The number of ketones is 1. The quantitative estimate of drug-likeness (QED) is 0.493. The molecule has 1 heterocycles. The molecule has 0 unspecified atom stereocenters. The number of hydrogen-bond acceptors (Lipinski definition) is 4. The minimum Gasteiger partial charge on any atom is -0.507 e. The number of aryl methyl sites for hydroxylation is 1. The first kappa shape index (κ1) is 17.9. The Hall–Kier alpha value is -2.92. The molecule has 2 aromatic rings. The van der Waals surface area contributed by atoms with E-state index in [0.717, 1.165) is 11.1 Å². The number of likely N-dealkylation sites (tertiary alicyclic amines) is 1. The summed E-state index contributed by atoms with van der Waals surface area (Å²) in [5.74, 6) is -1.53. The molecule has 2 aromatic carbocycles. The van der Waals surface area contributed by atoms with Crippen molar-refractivity contribution in [2.45, 2.75) is 19.4 Å². The second-order valence-corrected chi connectivity index (χ2v) is 6.35. The number of hydrogen-bond donors (Lipinski definition) is 2. The van der Waals surface area contributed by atoms with Crippen LogP contribution in [-0.2, 0) is 9.59 Å². The maximum atomic E-state index is 12.7. The van der Waals surface area contributed by atoms with E-state index in [4.69, 9.17) is 5.11 Å². The number of carbonyl (C=O) groups excluding carboxylic acids is 2. The molecular formula is C21H21NO4. The normalized spacial score (nSPS) is 19.2. The third kappa shape index (κ3) is 3.26. The highest BCUT2D eigenvalue weighted by Gasteiger charge is 2.45. The van der Waals surface area contributed by atoms with Crippen LogP contribution < -0.4 is 0 Å². The molecule has 0 saturated carbocycles. The van der Waals surface area contributed by atoms with Gasteiger partial charge in [0.1, 0.15) is 5.76 Å². The summed E-state index contributed by atoms with van der Waals surface area (Å²) in [7, 11) is 0. The van der Waals surface area contributed by atoms with Crippen molar-refractivity contribution >= 4 is 17.4 Å². The van der Waals surface area contributed by atoms with Crippen LogP contribution in [0.25, 0.3) is 5.76 Å². The largest absolute Gasteiger partial charge is 0.507 e. The Labute approximate surface area is 152 Å². The number of rotatable bonds is 5. The Morgan fingerprint density at radius 3 is 2.31 bits per heavy atom. The summed E-state index contributed by atoms with van der Waals surface area (Å²) in [5.41, 5.74) is 2.36. The van der Waals surface area contributed by atoms with Crippen LogP contribution in [0.4, 0.5) is 0 Å². The van der Waals surface area contributed by atoms with E-state index in [1.165, 1.54) is 4.90 Å². The van der Waals surface area contributed by atoms with Crippen molar-refractivity contribution in [1.82, 2.24) is 4.90 Å². The van der Waals surface area contributed by atoms with Gasteiger partial charge in [-0.25, -0.2) is 0 Å². The van der Waals surface area contributed by atoms with Gasteiger partial charge in [-0.05, 0) is 18.9 Å². The predicted octanol–water partition coefficient (Wildman–Crippen LogP) is 2.80. The highest BCUT2D eigenvalue weighted by Crippen LogP contribution is 2.39. The summed E-state index contributed by atoms with van der Waals surface area (Å²) < 4.78 is 0. The summed E-state index contributed by atoms with van der Waals surface area (Å²) >= 11 is 0. The smallest absolute Gasteiger partial charge is 0.295 e. The zero-order chi connectivity index (χ0) is 18.7. The van der Waals surface area contributed by atoms with Crippen LogP contribution in [0.15, 0.2) is 60.2 Å². The van der Waals surface area contributed by atoms with Gasteiger partial charge in [-0.15, -0.1) is 0 Å². The summed E-state index contributed by atoms with van der Waals surface area (Å²) in [6.07, 6.45) is 0.362. The third-order valence-corrected chi connectivity index (χ3v) is 4.54. The molecular weight excluding hydrogens is 330 g/mol. The van der Waals surface area contributed by atoms with Crippen LogP contribution in [0, 0.1) is 6.92 Å². The molecule has 0 spiro atoms. The van der Waals surface area contributed by atoms with E-state index in [0.29, 0.717) is 12.0 Å².